The molecule has 0 aliphatic carbocycles. The Morgan fingerprint density at radius 1 is 0.973 bits per heavy atom. The number of nitrogens with zero attached hydrogens (tertiary/aromatic N) is 4. The van der Waals surface area contributed by atoms with Crippen LogP contribution in [0, 0.1) is 0 Å². The fourth-order valence-electron chi connectivity index (χ4n) is 4.56. The summed E-state index contributed by atoms with van der Waals surface area (Å²) < 4.78 is 0. The number of H-pyrrole nitrogens is 1. The molecule has 1 aliphatic heterocycles. The van der Waals surface area contributed by atoms with Crippen molar-refractivity contribution in [3.63, 3.8) is 0 Å². The van der Waals surface area contributed by atoms with Crippen LogP contribution in [0.5, 0.6) is 5.75 Å². The lowest BCUT2D eigenvalue weighted by atomic mass is 10.0. The predicted octanol–water partition coefficient (Wildman–Crippen LogP) is 4.83. The highest BCUT2D eigenvalue weighted by atomic mass is 16.3. The standard InChI is InChI=1S/C29H29N5O3/c1-33(2)28(36)21-9-6-19(7-10-21)8-15-24-26-23(29(37)34-16-4-3-5-17-34)18-25(30-27(26)32-31-24)20-11-13-22(35)14-12-20/h6-15,18,35H,3-5,16-17H2,1-2H3,(H,30,31,32)/b15-8+. The normalized spacial score (nSPS) is 13.8. The second-order valence-electron chi connectivity index (χ2n) is 9.45. The van der Waals surface area contributed by atoms with Crippen LogP contribution in [0.1, 0.15) is 51.2 Å². The molecule has 2 aromatic carbocycles. The fraction of sp³-hybridized carbons (Fsp3) is 0.241. The Balaban J connectivity index is 1.54. The van der Waals surface area contributed by atoms with E-state index in [1.807, 2.05) is 35.3 Å². The van der Waals surface area contributed by atoms with Gasteiger partial charge in [0.2, 0.25) is 0 Å². The van der Waals surface area contributed by atoms with Gasteiger partial charge in [0.1, 0.15) is 5.75 Å². The zero-order valence-corrected chi connectivity index (χ0v) is 20.9. The van der Waals surface area contributed by atoms with Crippen molar-refractivity contribution in [1.29, 1.82) is 0 Å². The van der Waals surface area contributed by atoms with Crippen LogP contribution >= 0.6 is 0 Å². The third-order valence-electron chi connectivity index (χ3n) is 6.59. The van der Waals surface area contributed by atoms with Gasteiger partial charge in [-0.2, -0.15) is 5.10 Å². The minimum Gasteiger partial charge on any atom is -0.508 e. The van der Waals surface area contributed by atoms with E-state index in [-0.39, 0.29) is 17.6 Å². The van der Waals surface area contributed by atoms with E-state index >= 15 is 0 Å². The van der Waals surface area contributed by atoms with E-state index in [0.29, 0.717) is 33.5 Å². The molecule has 188 valence electrons. The maximum Gasteiger partial charge on any atom is 0.254 e. The molecule has 2 amide bonds. The summed E-state index contributed by atoms with van der Waals surface area (Å²) in [6.45, 7) is 1.47. The number of nitrogens with one attached hydrogen (secondary N) is 1. The first-order valence-corrected chi connectivity index (χ1v) is 12.4. The Hall–Kier alpha value is -4.46. The van der Waals surface area contributed by atoms with E-state index < -0.39 is 0 Å². The number of fused-ring (bicyclic) bond motifs is 1. The first-order valence-electron chi connectivity index (χ1n) is 12.4. The van der Waals surface area contributed by atoms with Gasteiger partial charge in [0.05, 0.1) is 22.3 Å². The summed E-state index contributed by atoms with van der Waals surface area (Å²) in [4.78, 5) is 34.0. The molecule has 0 radical (unpaired) electrons. The molecule has 0 atom stereocenters. The SMILES string of the molecule is CN(C)C(=O)c1ccc(/C=C/c2[nH]nc3nc(-c4ccc(O)cc4)cc(C(=O)N4CCCCC4)c23)cc1. The lowest BCUT2D eigenvalue weighted by Gasteiger charge is -2.27. The zero-order valence-electron chi connectivity index (χ0n) is 20.9. The van der Waals surface area contributed by atoms with Crippen LogP contribution in [0.15, 0.2) is 54.6 Å². The molecule has 8 nitrogen and oxygen atoms in total. The minimum atomic E-state index is -0.0496. The van der Waals surface area contributed by atoms with Crippen molar-refractivity contribution >= 4 is 35.0 Å². The molecular weight excluding hydrogens is 466 g/mol. The number of hydrogen-bond acceptors (Lipinski definition) is 5. The summed E-state index contributed by atoms with van der Waals surface area (Å²) in [6.07, 6.45) is 6.92. The Kier molecular flexibility index (Phi) is 6.72. The first kappa shape index (κ1) is 24.2. The number of hydrogen-bond donors (Lipinski definition) is 2. The fourth-order valence-corrected chi connectivity index (χ4v) is 4.56. The summed E-state index contributed by atoms with van der Waals surface area (Å²) in [5, 5.41) is 17.8. The summed E-state index contributed by atoms with van der Waals surface area (Å²) in [6, 6.07) is 15.9. The second-order valence-corrected chi connectivity index (χ2v) is 9.45. The maximum absolute atomic E-state index is 13.7. The van der Waals surface area contributed by atoms with Gasteiger partial charge in [0, 0.05) is 38.3 Å². The maximum atomic E-state index is 13.7. The number of amides is 2. The third-order valence-corrected chi connectivity index (χ3v) is 6.59. The largest absolute Gasteiger partial charge is 0.508 e. The lowest BCUT2D eigenvalue weighted by molar-refractivity contribution is 0.0725. The number of piperidine rings is 1. The number of aromatic nitrogens is 3. The summed E-state index contributed by atoms with van der Waals surface area (Å²) >= 11 is 0. The van der Waals surface area contributed by atoms with E-state index in [2.05, 4.69) is 10.2 Å². The van der Waals surface area contributed by atoms with E-state index in [0.717, 1.165) is 43.5 Å². The van der Waals surface area contributed by atoms with Gasteiger partial charge in [-0.15, -0.1) is 0 Å². The molecule has 2 aromatic heterocycles. The second kappa shape index (κ2) is 10.3. The number of pyridine rings is 1. The number of carbonyl (C=O) groups excluding carboxylic acids is 2. The van der Waals surface area contributed by atoms with Crippen molar-refractivity contribution in [2.45, 2.75) is 19.3 Å². The number of benzene rings is 2. The highest BCUT2D eigenvalue weighted by molar-refractivity contribution is 6.09. The predicted molar refractivity (Wildman–Crippen MR) is 144 cm³/mol. The molecule has 0 spiro atoms. The summed E-state index contributed by atoms with van der Waals surface area (Å²) in [5.41, 5.74) is 4.64. The number of aromatic amines is 1. The quantitative estimate of drug-likeness (QED) is 0.413. The van der Waals surface area contributed by atoms with Crippen LogP contribution in [0.25, 0.3) is 34.4 Å². The number of aromatic hydroxyl groups is 1. The zero-order chi connectivity index (χ0) is 25.9. The molecule has 5 rings (SSSR count). The lowest BCUT2D eigenvalue weighted by Crippen LogP contribution is -2.35. The molecule has 1 aliphatic rings. The van der Waals surface area contributed by atoms with Crippen molar-refractivity contribution in [3.05, 3.63) is 77.0 Å². The van der Waals surface area contributed by atoms with Crippen LogP contribution in [-0.4, -0.2) is 69.1 Å². The first-order chi connectivity index (χ1) is 17.9. The highest BCUT2D eigenvalue weighted by Crippen LogP contribution is 2.29. The Labute approximate surface area is 215 Å². The van der Waals surface area contributed by atoms with E-state index in [1.165, 1.54) is 0 Å². The van der Waals surface area contributed by atoms with Gasteiger partial charge in [0.15, 0.2) is 5.65 Å². The van der Waals surface area contributed by atoms with Crippen LogP contribution in [-0.2, 0) is 0 Å². The summed E-state index contributed by atoms with van der Waals surface area (Å²) in [5.74, 6) is 0.0851. The molecule has 0 saturated carbocycles. The van der Waals surface area contributed by atoms with Crippen LogP contribution in [0.2, 0.25) is 0 Å². The molecule has 0 unspecified atom stereocenters. The molecule has 8 heteroatoms. The molecule has 1 fully saturated rings. The van der Waals surface area contributed by atoms with Gasteiger partial charge in [-0.3, -0.25) is 14.7 Å². The molecule has 3 heterocycles. The van der Waals surface area contributed by atoms with Crippen molar-refractivity contribution in [3.8, 4) is 17.0 Å². The van der Waals surface area contributed by atoms with E-state index in [9.17, 15) is 14.7 Å². The van der Waals surface area contributed by atoms with Gasteiger partial charge in [-0.25, -0.2) is 4.98 Å². The average Bonchev–Trinajstić information content (AvgIpc) is 3.34. The molecule has 2 N–H and O–H groups in total. The minimum absolute atomic E-state index is 0.0327. The van der Waals surface area contributed by atoms with Crippen molar-refractivity contribution in [1.82, 2.24) is 25.0 Å². The van der Waals surface area contributed by atoms with Crippen LogP contribution in [0.4, 0.5) is 0 Å². The third kappa shape index (κ3) is 5.09. The number of rotatable bonds is 5. The Morgan fingerprint density at radius 2 is 1.68 bits per heavy atom. The smallest absolute Gasteiger partial charge is 0.254 e. The molecular formula is C29H29N5O3. The van der Waals surface area contributed by atoms with Gasteiger partial charge >= 0.3 is 0 Å². The Morgan fingerprint density at radius 3 is 2.35 bits per heavy atom. The molecule has 0 bridgehead atoms. The Bertz CT molecular complexity index is 1460. The van der Waals surface area contributed by atoms with Crippen molar-refractivity contribution < 1.29 is 14.7 Å². The number of carbonyl (C=O) groups is 2. The topological polar surface area (TPSA) is 102 Å². The molecule has 37 heavy (non-hydrogen) atoms. The number of likely N-dealkylation sites (tertiary alicyclic amines) is 1. The average molecular weight is 496 g/mol. The summed E-state index contributed by atoms with van der Waals surface area (Å²) in [7, 11) is 3.45. The molecule has 4 aromatic rings. The van der Waals surface area contributed by atoms with Crippen LogP contribution in [0.3, 0.4) is 0 Å². The number of phenols is 1. The molecule has 1 saturated heterocycles. The van der Waals surface area contributed by atoms with E-state index in [1.54, 1.807) is 55.4 Å². The highest BCUT2D eigenvalue weighted by Gasteiger charge is 2.24. The monoisotopic (exact) mass is 495 g/mol. The van der Waals surface area contributed by atoms with Gasteiger partial charge < -0.3 is 14.9 Å². The van der Waals surface area contributed by atoms with Crippen molar-refractivity contribution in [2.24, 2.45) is 0 Å². The van der Waals surface area contributed by atoms with E-state index in [4.69, 9.17) is 4.98 Å². The van der Waals surface area contributed by atoms with Gasteiger partial charge in [0.25, 0.3) is 11.8 Å². The van der Waals surface area contributed by atoms with Crippen molar-refractivity contribution in [2.75, 3.05) is 27.2 Å². The van der Waals surface area contributed by atoms with Gasteiger partial charge in [-0.05, 0) is 73.4 Å². The van der Waals surface area contributed by atoms with Crippen LogP contribution < -0.4 is 0 Å². The number of phenolic OH excluding ortho intramolecular Hbond substituents is 1. The van der Waals surface area contributed by atoms with Gasteiger partial charge in [-0.1, -0.05) is 18.2 Å².